The van der Waals surface area contributed by atoms with Gasteiger partial charge in [-0.1, -0.05) is 29.8 Å². The van der Waals surface area contributed by atoms with Gasteiger partial charge >= 0.3 is 0 Å². The highest BCUT2D eigenvalue weighted by atomic mass is 32.2. The molecule has 0 atom stereocenters. The van der Waals surface area contributed by atoms with E-state index in [-0.39, 0.29) is 0 Å². The van der Waals surface area contributed by atoms with E-state index in [9.17, 15) is 0 Å². The zero-order valence-electron chi connectivity index (χ0n) is 10.0. The number of aryl methyl sites for hydroxylation is 2. The van der Waals surface area contributed by atoms with Crippen LogP contribution in [0.15, 0.2) is 53.4 Å². The molecule has 2 aromatic rings. The van der Waals surface area contributed by atoms with Crippen molar-refractivity contribution in [2.24, 2.45) is 0 Å². The number of anilines is 1. The molecular weight excluding hydrogens is 226 g/mol. The van der Waals surface area contributed by atoms with Gasteiger partial charge in [0.2, 0.25) is 0 Å². The largest absolute Gasteiger partial charge is 0.399 e. The molecule has 0 radical (unpaired) electrons. The molecule has 0 fully saturated rings. The first-order chi connectivity index (χ1) is 8.24. The third-order valence-corrected chi connectivity index (χ3v) is 3.67. The van der Waals surface area contributed by atoms with Crippen LogP contribution in [0.1, 0.15) is 11.1 Å². The Morgan fingerprint density at radius 1 is 0.941 bits per heavy atom. The minimum absolute atomic E-state index is 0.833. The van der Waals surface area contributed by atoms with Crippen LogP contribution in [0, 0.1) is 6.92 Å². The molecule has 2 heteroatoms. The molecule has 0 saturated heterocycles. The second kappa shape index (κ2) is 5.78. The van der Waals surface area contributed by atoms with E-state index in [4.69, 9.17) is 5.73 Å². The molecule has 2 N–H and O–H groups in total. The highest BCUT2D eigenvalue weighted by Crippen LogP contribution is 2.19. The van der Waals surface area contributed by atoms with Crippen LogP contribution in [-0.4, -0.2) is 5.75 Å². The molecule has 88 valence electrons. The van der Waals surface area contributed by atoms with Crippen molar-refractivity contribution in [1.82, 2.24) is 0 Å². The standard InChI is InChI=1S/C15H17NS/c1-12-2-8-15(9-3-12)17-11-10-13-4-6-14(16)7-5-13/h2-9H,10-11,16H2,1H3. The minimum atomic E-state index is 0.833. The summed E-state index contributed by atoms with van der Waals surface area (Å²) in [7, 11) is 0. The predicted octanol–water partition coefficient (Wildman–Crippen LogP) is 3.91. The highest BCUT2D eigenvalue weighted by molar-refractivity contribution is 7.99. The predicted molar refractivity (Wildman–Crippen MR) is 76.5 cm³/mol. The van der Waals surface area contributed by atoms with E-state index in [0.29, 0.717) is 0 Å². The summed E-state index contributed by atoms with van der Waals surface area (Å²) >= 11 is 1.90. The van der Waals surface area contributed by atoms with Gasteiger partial charge in [0.05, 0.1) is 0 Å². The van der Waals surface area contributed by atoms with E-state index in [1.807, 2.05) is 23.9 Å². The van der Waals surface area contributed by atoms with Crippen molar-refractivity contribution < 1.29 is 0 Å². The maximum Gasteiger partial charge on any atom is 0.0314 e. The van der Waals surface area contributed by atoms with Crippen molar-refractivity contribution in [3.05, 3.63) is 59.7 Å². The van der Waals surface area contributed by atoms with Gasteiger partial charge < -0.3 is 5.73 Å². The van der Waals surface area contributed by atoms with Crippen molar-refractivity contribution in [2.45, 2.75) is 18.2 Å². The smallest absolute Gasteiger partial charge is 0.0314 e. The number of hydrogen-bond acceptors (Lipinski definition) is 2. The second-order valence-electron chi connectivity index (χ2n) is 4.15. The molecule has 17 heavy (non-hydrogen) atoms. The molecule has 2 aromatic carbocycles. The first kappa shape index (κ1) is 12.1. The second-order valence-corrected chi connectivity index (χ2v) is 5.32. The van der Waals surface area contributed by atoms with Crippen LogP contribution in [0.4, 0.5) is 5.69 Å². The van der Waals surface area contributed by atoms with Crippen LogP contribution < -0.4 is 5.73 Å². The van der Waals surface area contributed by atoms with Gasteiger partial charge in [-0.2, -0.15) is 0 Å². The molecule has 0 amide bonds. The molecule has 0 aliphatic heterocycles. The lowest BCUT2D eigenvalue weighted by atomic mass is 10.2. The van der Waals surface area contributed by atoms with Crippen LogP contribution in [0.5, 0.6) is 0 Å². The van der Waals surface area contributed by atoms with Crippen molar-refractivity contribution in [3.8, 4) is 0 Å². The van der Waals surface area contributed by atoms with Gasteiger partial charge in [0.1, 0.15) is 0 Å². The Balaban J connectivity index is 1.83. The van der Waals surface area contributed by atoms with E-state index < -0.39 is 0 Å². The van der Waals surface area contributed by atoms with E-state index in [0.717, 1.165) is 17.9 Å². The molecule has 1 nitrogen and oxygen atoms in total. The van der Waals surface area contributed by atoms with Gasteiger partial charge in [-0.05, 0) is 43.2 Å². The Morgan fingerprint density at radius 3 is 2.24 bits per heavy atom. The van der Waals surface area contributed by atoms with Crippen molar-refractivity contribution in [1.29, 1.82) is 0 Å². The fourth-order valence-corrected chi connectivity index (χ4v) is 2.51. The Labute approximate surface area is 107 Å². The molecule has 0 unspecified atom stereocenters. The van der Waals surface area contributed by atoms with Crippen LogP contribution >= 0.6 is 11.8 Å². The van der Waals surface area contributed by atoms with Gasteiger partial charge in [-0.3, -0.25) is 0 Å². The average Bonchev–Trinajstić information content (AvgIpc) is 2.34. The van der Waals surface area contributed by atoms with Gasteiger partial charge in [-0.15, -0.1) is 11.8 Å². The van der Waals surface area contributed by atoms with Crippen molar-refractivity contribution in [2.75, 3.05) is 11.5 Å². The van der Waals surface area contributed by atoms with Crippen molar-refractivity contribution >= 4 is 17.4 Å². The molecule has 0 aliphatic rings. The third kappa shape index (κ3) is 3.82. The zero-order valence-corrected chi connectivity index (χ0v) is 10.8. The average molecular weight is 243 g/mol. The number of benzene rings is 2. The number of thioether (sulfide) groups is 1. The first-order valence-electron chi connectivity index (χ1n) is 5.78. The fourth-order valence-electron chi connectivity index (χ4n) is 1.61. The van der Waals surface area contributed by atoms with Crippen LogP contribution in [0.2, 0.25) is 0 Å². The quantitative estimate of drug-likeness (QED) is 0.651. The summed E-state index contributed by atoms with van der Waals surface area (Å²) in [6.07, 6.45) is 1.08. The lowest BCUT2D eigenvalue weighted by Crippen LogP contribution is -1.90. The number of nitrogens with two attached hydrogens (primary N) is 1. The Kier molecular flexibility index (Phi) is 4.10. The lowest BCUT2D eigenvalue weighted by Gasteiger charge is -2.03. The van der Waals surface area contributed by atoms with Crippen LogP contribution in [-0.2, 0) is 6.42 Å². The van der Waals surface area contributed by atoms with Gasteiger partial charge in [0, 0.05) is 16.3 Å². The summed E-state index contributed by atoms with van der Waals surface area (Å²) in [5, 5.41) is 0. The number of rotatable bonds is 4. The first-order valence-corrected chi connectivity index (χ1v) is 6.76. The molecular formula is C15H17NS. The number of nitrogen functional groups attached to an aromatic ring is 1. The van der Waals surface area contributed by atoms with Crippen molar-refractivity contribution in [3.63, 3.8) is 0 Å². The minimum Gasteiger partial charge on any atom is -0.399 e. The molecule has 0 heterocycles. The van der Waals surface area contributed by atoms with Crippen LogP contribution in [0.3, 0.4) is 0 Å². The summed E-state index contributed by atoms with van der Waals surface area (Å²) in [6, 6.07) is 16.8. The monoisotopic (exact) mass is 243 g/mol. The Hall–Kier alpha value is -1.41. The van der Waals surface area contributed by atoms with E-state index in [2.05, 4.69) is 43.3 Å². The van der Waals surface area contributed by atoms with Gasteiger partial charge in [-0.25, -0.2) is 0 Å². The third-order valence-electron chi connectivity index (χ3n) is 2.66. The Bertz CT molecular complexity index is 414. The Morgan fingerprint density at radius 2 is 1.59 bits per heavy atom. The maximum atomic E-state index is 5.66. The SMILES string of the molecule is Cc1ccc(SCCc2ccc(N)cc2)cc1. The normalized spacial score (nSPS) is 10.4. The summed E-state index contributed by atoms with van der Waals surface area (Å²) in [4.78, 5) is 1.34. The fraction of sp³-hybridized carbons (Fsp3) is 0.200. The summed E-state index contributed by atoms with van der Waals surface area (Å²) in [5.41, 5.74) is 9.15. The highest BCUT2D eigenvalue weighted by Gasteiger charge is 1.96. The number of hydrogen-bond donors (Lipinski definition) is 1. The van der Waals surface area contributed by atoms with Crippen LogP contribution in [0.25, 0.3) is 0 Å². The van der Waals surface area contributed by atoms with Gasteiger partial charge in [0.15, 0.2) is 0 Å². The zero-order chi connectivity index (χ0) is 12.1. The summed E-state index contributed by atoms with van der Waals surface area (Å²) < 4.78 is 0. The maximum absolute atomic E-state index is 5.66. The molecule has 0 spiro atoms. The molecule has 0 bridgehead atoms. The molecule has 2 rings (SSSR count). The molecule has 0 saturated carbocycles. The van der Waals surface area contributed by atoms with E-state index in [1.54, 1.807) is 0 Å². The summed E-state index contributed by atoms with van der Waals surface area (Å²) in [6.45, 7) is 2.11. The van der Waals surface area contributed by atoms with E-state index >= 15 is 0 Å². The molecule has 0 aromatic heterocycles. The van der Waals surface area contributed by atoms with E-state index in [1.165, 1.54) is 16.0 Å². The summed E-state index contributed by atoms with van der Waals surface area (Å²) in [5.74, 6) is 1.10. The topological polar surface area (TPSA) is 26.0 Å². The molecule has 0 aliphatic carbocycles. The van der Waals surface area contributed by atoms with Gasteiger partial charge in [0.25, 0.3) is 0 Å². The lowest BCUT2D eigenvalue weighted by molar-refractivity contribution is 1.15.